The summed E-state index contributed by atoms with van der Waals surface area (Å²) in [6.07, 6.45) is -1.49. The van der Waals surface area contributed by atoms with Gasteiger partial charge in [0.2, 0.25) is 0 Å². The first-order valence-corrected chi connectivity index (χ1v) is 8.35. The summed E-state index contributed by atoms with van der Waals surface area (Å²) in [5.74, 6) is 2.82. The van der Waals surface area contributed by atoms with Gasteiger partial charge in [-0.15, -0.1) is 0 Å². The van der Waals surface area contributed by atoms with E-state index in [-0.39, 0.29) is 12.5 Å². The number of ether oxygens (including phenoxy) is 1. The Hall–Kier alpha value is -3.39. The topological polar surface area (TPSA) is 131 Å². The maximum Gasteiger partial charge on any atom is 0.407 e. The molecule has 0 fully saturated rings. The van der Waals surface area contributed by atoms with E-state index in [0.29, 0.717) is 0 Å². The van der Waals surface area contributed by atoms with Gasteiger partial charge in [0.05, 0.1) is 6.42 Å². The third-order valence-electron chi connectivity index (χ3n) is 4.47. The fourth-order valence-corrected chi connectivity index (χ4v) is 3.27. The number of nitrogens with two attached hydrogens (primary N) is 1. The van der Waals surface area contributed by atoms with E-state index in [4.69, 9.17) is 15.7 Å². The zero-order chi connectivity index (χ0) is 19.4. The van der Waals surface area contributed by atoms with Crippen LogP contribution in [0.1, 0.15) is 23.5 Å². The highest BCUT2D eigenvalue weighted by atomic mass is 16.5. The summed E-state index contributed by atoms with van der Waals surface area (Å²) in [4.78, 5) is 34.5. The quantitative estimate of drug-likeness (QED) is 0.345. The molecule has 2 aromatic rings. The SMILES string of the molecule is NNC(=O)C(CC(=O)O)NC(=O)OCC1c2ccccc2-c2ccccc21. The van der Waals surface area contributed by atoms with E-state index >= 15 is 0 Å². The van der Waals surface area contributed by atoms with Crippen molar-refractivity contribution in [3.63, 3.8) is 0 Å². The highest BCUT2D eigenvalue weighted by molar-refractivity contribution is 5.88. The number of hydrogen-bond acceptors (Lipinski definition) is 5. The minimum Gasteiger partial charge on any atom is -0.481 e. The fraction of sp³-hybridized carbons (Fsp3) is 0.211. The van der Waals surface area contributed by atoms with E-state index in [1.54, 1.807) is 0 Å². The number of alkyl carbamates (subject to hydrolysis) is 1. The summed E-state index contributed by atoms with van der Waals surface area (Å²) < 4.78 is 5.28. The second kappa shape index (κ2) is 7.88. The lowest BCUT2D eigenvalue weighted by atomic mass is 9.98. The van der Waals surface area contributed by atoms with Gasteiger partial charge in [-0.25, -0.2) is 10.6 Å². The number of carbonyl (C=O) groups excluding carboxylic acids is 2. The molecule has 0 saturated carbocycles. The van der Waals surface area contributed by atoms with E-state index in [9.17, 15) is 14.4 Å². The molecule has 8 nitrogen and oxygen atoms in total. The van der Waals surface area contributed by atoms with Crippen LogP contribution in [0.15, 0.2) is 48.5 Å². The number of amides is 2. The molecule has 140 valence electrons. The van der Waals surface area contributed by atoms with Gasteiger partial charge in [-0.2, -0.15) is 0 Å². The molecule has 1 atom stereocenters. The molecule has 1 unspecified atom stereocenters. The number of hydrogen-bond donors (Lipinski definition) is 4. The summed E-state index contributed by atoms with van der Waals surface area (Å²) in [6, 6.07) is 14.4. The molecule has 0 spiro atoms. The van der Waals surface area contributed by atoms with Crippen molar-refractivity contribution in [2.45, 2.75) is 18.4 Å². The number of nitrogens with one attached hydrogen (secondary N) is 2. The molecule has 0 bridgehead atoms. The molecule has 1 aliphatic rings. The largest absolute Gasteiger partial charge is 0.481 e. The minimum absolute atomic E-state index is 0.0594. The van der Waals surface area contributed by atoms with Crippen LogP contribution in [-0.4, -0.2) is 35.7 Å². The summed E-state index contributed by atoms with van der Waals surface area (Å²) in [6.45, 7) is 0.0594. The van der Waals surface area contributed by atoms with E-state index in [0.717, 1.165) is 22.3 Å². The smallest absolute Gasteiger partial charge is 0.407 e. The fourth-order valence-electron chi connectivity index (χ4n) is 3.27. The molecule has 0 heterocycles. The molecule has 2 aromatic carbocycles. The Bertz CT molecular complexity index is 838. The molecule has 1 aliphatic carbocycles. The van der Waals surface area contributed by atoms with E-state index in [1.165, 1.54) is 0 Å². The Morgan fingerprint density at radius 3 is 2.11 bits per heavy atom. The minimum atomic E-state index is -1.32. The Balaban J connectivity index is 1.70. The third-order valence-corrected chi connectivity index (χ3v) is 4.47. The van der Waals surface area contributed by atoms with Crippen molar-refractivity contribution in [1.82, 2.24) is 10.7 Å². The maximum atomic E-state index is 12.1. The molecule has 27 heavy (non-hydrogen) atoms. The monoisotopic (exact) mass is 369 g/mol. The second-order valence-electron chi connectivity index (χ2n) is 6.13. The van der Waals surface area contributed by atoms with Crippen LogP contribution < -0.4 is 16.6 Å². The number of carbonyl (C=O) groups is 3. The molecular weight excluding hydrogens is 350 g/mol. The van der Waals surface area contributed by atoms with Crippen LogP contribution in [0.2, 0.25) is 0 Å². The summed E-state index contributed by atoms with van der Waals surface area (Å²) in [5.41, 5.74) is 6.11. The van der Waals surface area contributed by atoms with Crippen molar-refractivity contribution in [3.05, 3.63) is 59.7 Å². The third kappa shape index (κ3) is 3.90. The number of carboxylic acids is 1. The van der Waals surface area contributed by atoms with Gasteiger partial charge < -0.3 is 15.2 Å². The summed E-state index contributed by atoms with van der Waals surface area (Å²) in [7, 11) is 0. The van der Waals surface area contributed by atoms with Crippen molar-refractivity contribution in [2.24, 2.45) is 5.84 Å². The number of hydrazine groups is 1. The predicted molar refractivity (Wildman–Crippen MR) is 96.6 cm³/mol. The van der Waals surface area contributed by atoms with Crippen LogP contribution in [-0.2, 0) is 14.3 Å². The van der Waals surface area contributed by atoms with Gasteiger partial charge in [0.1, 0.15) is 12.6 Å². The van der Waals surface area contributed by atoms with Crippen molar-refractivity contribution < 1.29 is 24.2 Å². The molecule has 3 rings (SSSR count). The van der Waals surface area contributed by atoms with Gasteiger partial charge in [0, 0.05) is 5.92 Å². The second-order valence-corrected chi connectivity index (χ2v) is 6.13. The van der Waals surface area contributed by atoms with Crippen LogP contribution >= 0.6 is 0 Å². The average molecular weight is 369 g/mol. The first-order chi connectivity index (χ1) is 13.0. The zero-order valence-electron chi connectivity index (χ0n) is 14.3. The normalized spacial score (nSPS) is 13.2. The van der Waals surface area contributed by atoms with Crippen LogP contribution in [0.4, 0.5) is 4.79 Å². The van der Waals surface area contributed by atoms with Gasteiger partial charge >= 0.3 is 12.1 Å². The first-order valence-electron chi connectivity index (χ1n) is 8.35. The van der Waals surface area contributed by atoms with Crippen molar-refractivity contribution in [2.75, 3.05) is 6.61 Å². The Morgan fingerprint density at radius 1 is 1.04 bits per heavy atom. The zero-order valence-corrected chi connectivity index (χ0v) is 14.3. The first kappa shape index (κ1) is 18.4. The highest BCUT2D eigenvalue weighted by Gasteiger charge is 2.30. The van der Waals surface area contributed by atoms with Crippen molar-refractivity contribution >= 4 is 18.0 Å². The van der Waals surface area contributed by atoms with Gasteiger partial charge in [-0.3, -0.25) is 15.0 Å². The lowest BCUT2D eigenvalue weighted by molar-refractivity contribution is -0.139. The lowest BCUT2D eigenvalue weighted by Crippen LogP contribution is -2.50. The van der Waals surface area contributed by atoms with Gasteiger partial charge in [-0.05, 0) is 22.3 Å². The summed E-state index contributed by atoms with van der Waals surface area (Å²) in [5, 5.41) is 11.1. The number of rotatable bonds is 6. The van der Waals surface area contributed by atoms with E-state index < -0.39 is 30.4 Å². The number of aliphatic carboxylic acids is 1. The Morgan fingerprint density at radius 2 is 1.59 bits per heavy atom. The highest BCUT2D eigenvalue weighted by Crippen LogP contribution is 2.44. The maximum absolute atomic E-state index is 12.1. The Labute approximate surface area is 155 Å². The lowest BCUT2D eigenvalue weighted by Gasteiger charge is -2.17. The molecule has 2 amide bonds. The molecule has 0 aliphatic heterocycles. The molecule has 5 N–H and O–H groups in total. The molecular formula is C19H19N3O5. The van der Waals surface area contributed by atoms with Gasteiger partial charge in [-0.1, -0.05) is 48.5 Å². The standard InChI is InChI=1S/C19H19N3O5/c20-22-18(25)16(9-17(23)24)21-19(26)27-10-15-13-7-3-1-5-11(13)12-6-2-4-8-14(12)15/h1-8,15-16H,9-10,20H2,(H,21,26)(H,22,25)(H,23,24). The van der Waals surface area contributed by atoms with Crippen LogP contribution in [0.5, 0.6) is 0 Å². The van der Waals surface area contributed by atoms with Gasteiger partial charge in [0.15, 0.2) is 0 Å². The van der Waals surface area contributed by atoms with Crippen molar-refractivity contribution in [3.8, 4) is 11.1 Å². The average Bonchev–Trinajstić information content (AvgIpc) is 2.99. The van der Waals surface area contributed by atoms with Crippen LogP contribution in [0.25, 0.3) is 11.1 Å². The van der Waals surface area contributed by atoms with E-state index in [1.807, 2.05) is 54.0 Å². The molecule has 0 radical (unpaired) electrons. The predicted octanol–water partition coefficient (Wildman–Crippen LogP) is 1.36. The molecule has 8 heteroatoms. The van der Waals surface area contributed by atoms with Crippen LogP contribution in [0, 0.1) is 0 Å². The number of fused-ring (bicyclic) bond motifs is 3. The number of benzene rings is 2. The Kier molecular flexibility index (Phi) is 5.37. The summed E-state index contributed by atoms with van der Waals surface area (Å²) >= 11 is 0. The van der Waals surface area contributed by atoms with Crippen molar-refractivity contribution in [1.29, 1.82) is 0 Å². The van der Waals surface area contributed by atoms with E-state index in [2.05, 4.69) is 5.32 Å². The number of carboxylic acid groups (broad SMARTS) is 1. The molecule has 0 aromatic heterocycles. The van der Waals surface area contributed by atoms with Gasteiger partial charge in [0.25, 0.3) is 5.91 Å². The van der Waals surface area contributed by atoms with Crippen LogP contribution in [0.3, 0.4) is 0 Å². The molecule has 0 saturated heterocycles.